The minimum atomic E-state index is -0.927. The van der Waals surface area contributed by atoms with Crippen molar-refractivity contribution >= 4 is 11.9 Å². The first-order valence-corrected chi connectivity index (χ1v) is 6.90. The largest absolute Gasteiger partial charge is 0.481 e. The van der Waals surface area contributed by atoms with Crippen LogP contribution < -0.4 is 0 Å². The van der Waals surface area contributed by atoms with E-state index in [1.165, 1.54) is 0 Å². The van der Waals surface area contributed by atoms with E-state index >= 15 is 0 Å². The average Bonchev–Trinajstić information content (AvgIpc) is 2.44. The first-order chi connectivity index (χ1) is 9.61. The standard InChI is InChI=1S/C15H20N2O3/c1-2-16-8-9-17(11-12-6-4-3-5-7-12)15(20)13(16)10-14(18)19/h3-7,13H,2,8-11H2,1H3,(H,18,19). The van der Waals surface area contributed by atoms with E-state index in [-0.39, 0.29) is 12.3 Å². The quantitative estimate of drug-likeness (QED) is 0.877. The zero-order chi connectivity index (χ0) is 14.5. The molecule has 1 heterocycles. The summed E-state index contributed by atoms with van der Waals surface area (Å²) in [5.41, 5.74) is 1.07. The third-order valence-corrected chi connectivity index (χ3v) is 3.69. The Balaban J connectivity index is 2.08. The molecule has 2 rings (SSSR count). The van der Waals surface area contributed by atoms with Gasteiger partial charge >= 0.3 is 5.97 Å². The molecule has 5 nitrogen and oxygen atoms in total. The molecule has 0 saturated carbocycles. The molecule has 20 heavy (non-hydrogen) atoms. The number of carbonyl (C=O) groups excluding carboxylic acids is 1. The van der Waals surface area contributed by atoms with Crippen molar-refractivity contribution in [2.24, 2.45) is 0 Å². The molecule has 0 aromatic heterocycles. The summed E-state index contributed by atoms with van der Waals surface area (Å²) in [7, 11) is 0. The van der Waals surface area contributed by atoms with Crippen LogP contribution in [0, 0.1) is 0 Å². The SMILES string of the molecule is CCN1CCN(Cc2ccccc2)C(=O)C1CC(=O)O. The van der Waals surface area contributed by atoms with E-state index in [0.717, 1.165) is 12.1 Å². The second-order valence-corrected chi connectivity index (χ2v) is 4.99. The molecule has 0 aliphatic carbocycles. The molecule has 1 aliphatic heterocycles. The molecule has 0 spiro atoms. The van der Waals surface area contributed by atoms with Gasteiger partial charge in [0.05, 0.1) is 12.5 Å². The molecule has 0 bridgehead atoms. The number of amides is 1. The van der Waals surface area contributed by atoms with Crippen LogP contribution in [0.5, 0.6) is 0 Å². The van der Waals surface area contributed by atoms with Crippen LogP contribution in [0.3, 0.4) is 0 Å². The summed E-state index contributed by atoms with van der Waals surface area (Å²) in [5, 5.41) is 8.98. The van der Waals surface area contributed by atoms with Gasteiger partial charge in [-0.25, -0.2) is 0 Å². The lowest BCUT2D eigenvalue weighted by atomic mass is 10.1. The number of carbonyl (C=O) groups is 2. The maximum absolute atomic E-state index is 12.5. The lowest BCUT2D eigenvalue weighted by molar-refractivity contribution is -0.149. The molecule has 1 atom stereocenters. The Kier molecular flexibility index (Phi) is 4.74. The van der Waals surface area contributed by atoms with Crippen LogP contribution in [0.2, 0.25) is 0 Å². The number of aliphatic carboxylic acids is 1. The van der Waals surface area contributed by atoms with Crippen molar-refractivity contribution in [1.29, 1.82) is 0 Å². The van der Waals surface area contributed by atoms with Gasteiger partial charge in [-0.1, -0.05) is 37.3 Å². The molecule has 1 aliphatic rings. The van der Waals surface area contributed by atoms with Gasteiger partial charge in [0.2, 0.25) is 5.91 Å². The van der Waals surface area contributed by atoms with Crippen molar-refractivity contribution in [3.63, 3.8) is 0 Å². The van der Waals surface area contributed by atoms with E-state index in [0.29, 0.717) is 19.6 Å². The topological polar surface area (TPSA) is 60.9 Å². The smallest absolute Gasteiger partial charge is 0.305 e. The van der Waals surface area contributed by atoms with E-state index < -0.39 is 12.0 Å². The maximum Gasteiger partial charge on any atom is 0.305 e. The van der Waals surface area contributed by atoms with Gasteiger partial charge in [0, 0.05) is 19.6 Å². The van der Waals surface area contributed by atoms with Crippen molar-refractivity contribution in [2.75, 3.05) is 19.6 Å². The number of piperazine rings is 1. The van der Waals surface area contributed by atoms with Crippen molar-refractivity contribution in [3.8, 4) is 0 Å². The fourth-order valence-electron chi connectivity index (χ4n) is 2.60. The summed E-state index contributed by atoms with van der Waals surface area (Å²) in [6, 6.07) is 9.24. The van der Waals surface area contributed by atoms with Crippen LogP contribution in [0.1, 0.15) is 18.9 Å². The summed E-state index contributed by atoms with van der Waals surface area (Å²) in [5.74, 6) is -1.01. The van der Waals surface area contributed by atoms with Gasteiger partial charge in [-0.2, -0.15) is 0 Å². The lowest BCUT2D eigenvalue weighted by Gasteiger charge is -2.39. The zero-order valence-corrected chi connectivity index (χ0v) is 11.7. The summed E-state index contributed by atoms with van der Waals surface area (Å²) < 4.78 is 0. The number of likely N-dealkylation sites (N-methyl/N-ethyl adjacent to an activating group) is 1. The minimum absolute atomic E-state index is 0.0793. The van der Waals surface area contributed by atoms with Gasteiger partial charge in [-0.3, -0.25) is 14.5 Å². The molecule has 1 unspecified atom stereocenters. The van der Waals surface area contributed by atoms with Crippen molar-refractivity contribution < 1.29 is 14.7 Å². The molecule has 5 heteroatoms. The summed E-state index contributed by atoms with van der Waals surface area (Å²) in [6.07, 6.45) is -0.127. The van der Waals surface area contributed by atoms with Gasteiger partial charge < -0.3 is 10.0 Å². The first-order valence-electron chi connectivity index (χ1n) is 6.90. The second kappa shape index (κ2) is 6.52. The minimum Gasteiger partial charge on any atom is -0.481 e. The monoisotopic (exact) mass is 276 g/mol. The highest BCUT2D eigenvalue weighted by atomic mass is 16.4. The highest BCUT2D eigenvalue weighted by Crippen LogP contribution is 2.17. The summed E-state index contributed by atoms with van der Waals surface area (Å²) in [4.78, 5) is 27.1. The molecule has 0 radical (unpaired) electrons. The molecule has 1 aromatic carbocycles. The maximum atomic E-state index is 12.5. The molecule has 1 aromatic rings. The molecular weight excluding hydrogens is 256 g/mol. The molecule has 1 N–H and O–H groups in total. The predicted octanol–water partition coefficient (Wildman–Crippen LogP) is 1.19. The number of hydrogen-bond donors (Lipinski definition) is 1. The van der Waals surface area contributed by atoms with Crippen LogP contribution in [0.25, 0.3) is 0 Å². The van der Waals surface area contributed by atoms with Crippen LogP contribution in [-0.2, 0) is 16.1 Å². The highest BCUT2D eigenvalue weighted by Gasteiger charge is 2.35. The number of rotatable bonds is 5. The van der Waals surface area contributed by atoms with Gasteiger partial charge in [-0.05, 0) is 12.1 Å². The van der Waals surface area contributed by atoms with Crippen LogP contribution in [0.15, 0.2) is 30.3 Å². The first kappa shape index (κ1) is 14.5. The normalized spacial score (nSPS) is 20.1. The number of hydrogen-bond acceptors (Lipinski definition) is 3. The van der Waals surface area contributed by atoms with Crippen LogP contribution in [-0.4, -0.2) is 52.5 Å². The number of nitrogens with zero attached hydrogens (tertiary/aromatic N) is 2. The van der Waals surface area contributed by atoms with E-state index in [1.807, 2.05) is 42.2 Å². The number of carboxylic acids is 1. The fourth-order valence-corrected chi connectivity index (χ4v) is 2.60. The Morgan fingerprint density at radius 2 is 2.00 bits per heavy atom. The number of benzene rings is 1. The van der Waals surface area contributed by atoms with Gasteiger partial charge in [0.1, 0.15) is 0 Å². The third kappa shape index (κ3) is 3.36. The predicted molar refractivity (Wildman–Crippen MR) is 75.1 cm³/mol. The Bertz CT molecular complexity index is 475. The van der Waals surface area contributed by atoms with Crippen molar-refractivity contribution in [2.45, 2.75) is 25.9 Å². The summed E-state index contributed by atoms with van der Waals surface area (Å²) in [6.45, 7) is 4.58. The zero-order valence-electron chi connectivity index (χ0n) is 11.7. The van der Waals surface area contributed by atoms with E-state index in [1.54, 1.807) is 4.90 Å². The van der Waals surface area contributed by atoms with Crippen molar-refractivity contribution in [1.82, 2.24) is 9.80 Å². The lowest BCUT2D eigenvalue weighted by Crippen LogP contribution is -2.57. The van der Waals surface area contributed by atoms with E-state index in [9.17, 15) is 9.59 Å². The van der Waals surface area contributed by atoms with Gasteiger partial charge in [0.25, 0.3) is 0 Å². The van der Waals surface area contributed by atoms with Crippen molar-refractivity contribution in [3.05, 3.63) is 35.9 Å². The highest BCUT2D eigenvalue weighted by molar-refractivity contribution is 5.86. The Morgan fingerprint density at radius 1 is 1.30 bits per heavy atom. The molecule has 108 valence electrons. The van der Waals surface area contributed by atoms with Crippen LogP contribution in [0.4, 0.5) is 0 Å². The summed E-state index contributed by atoms with van der Waals surface area (Å²) >= 11 is 0. The van der Waals surface area contributed by atoms with E-state index in [2.05, 4.69) is 0 Å². The molecule has 1 fully saturated rings. The third-order valence-electron chi connectivity index (χ3n) is 3.69. The van der Waals surface area contributed by atoms with Gasteiger partial charge in [0.15, 0.2) is 0 Å². The Hall–Kier alpha value is -1.88. The Morgan fingerprint density at radius 3 is 2.60 bits per heavy atom. The van der Waals surface area contributed by atoms with Crippen LogP contribution >= 0.6 is 0 Å². The molecule has 1 saturated heterocycles. The average molecular weight is 276 g/mol. The molecular formula is C15H20N2O3. The van der Waals surface area contributed by atoms with E-state index in [4.69, 9.17) is 5.11 Å². The number of carboxylic acid groups (broad SMARTS) is 1. The van der Waals surface area contributed by atoms with Gasteiger partial charge in [-0.15, -0.1) is 0 Å². The fraction of sp³-hybridized carbons (Fsp3) is 0.467. The second-order valence-electron chi connectivity index (χ2n) is 4.99. The Labute approximate surface area is 118 Å². The molecule has 1 amide bonds.